The van der Waals surface area contributed by atoms with Crippen LogP contribution in [0.25, 0.3) is 0 Å². The Hall–Kier alpha value is -1.54. The highest BCUT2D eigenvalue weighted by molar-refractivity contribution is 7.15. The molecule has 0 unspecified atom stereocenters. The van der Waals surface area contributed by atoms with Crippen LogP contribution in [-0.4, -0.2) is 10.2 Å². The number of hydrogen-bond acceptors (Lipinski definition) is 5. The first-order valence-electron chi connectivity index (χ1n) is 4.93. The molecule has 0 spiro atoms. The predicted molar refractivity (Wildman–Crippen MR) is 65.1 cm³/mol. The Morgan fingerprint density at radius 1 is 1.32 bits per heavy atom. The number of benzene rings is 1. The van der Waals surface area contributed by atoms with Crippen molar-refractivity contribution in [2.24, 2.45) is 0 Å². The Kier molecular flexibility index (Phi) is 3.81. The smallest absolute Gasteiger partial charge is 0.416 e. The lowest BCUT2D eigenvalue weighted by Crippen LogP contribution is -2.05. The zero-order valence-electron chi connectivity index (χ0n) is 9.24. The van der Waals surface area contributed by atoms with E-state index in [0.717, 1.165) is 29.5 Å². The SMILES string of the molecule is Nc1nnc(COc2ccc(C(F)(F)F)cc2Cl)s1. The highest BCUT2D eigenvalue weighted by atomic mass is 35.5. The largest absolute Gasteiger partial charge is 0.485 e. The van der Waals surface area contributed by atoms with Gasteiger partial charge >= 0.3 is 6.18 Å². The molecule has 1 aromatic heterocycles. The van der Waals surface area contributed by atoms with Gasteiger partial charge in [-0.3, -0.25) is 0 Å². The van der Waals surface area contributed by atoms with E-state index in [1.165, 1.54) is 0 Å². The van der Waals surface area contributed by atoms with Crippen LogP contribution in [0.5, 0.6) is 5.75 Å². The van der Waals surface area contributed by atoms with Crippen molar-refractivity contribution in [1.82, 2.24) is 10.2 Å². The van der Waals surface area contributed by atoms with Crippen molar-refractivity contribution < 1.29 is 17.9 Å². The van der Waals surface area contributed by atoms with Gasteiger partial charge in [0.1, 0.15) is 12.4 Å². The fourth-order valence-electron chi connectivity index (χ4n) is 1.26. The van der Waals surface area contributed by atoms with E-state index >= 15 is 0 Å². The molecule has 0 saturated carbocycles. The molecule has 0 fully saturated rings. The number of nitrogens with zero attached hydrogens (tertiary/aromatic N) is 2. The monoisotopic (exact) mass is 309 g/mol. The number of ether oxygens (including phenoxy) is 1. The Morgan fingerprint density at radius 3 is 2.58 bits per heavy atom. The highest BCUT2D eigenvalue weighted by Crippen LogP contribution is 2.34. The maximum Gasteiger partial charge on any atom is 0.416 e. The summed E-state index contributed by atoms with van der Waals surface area (Å²) >= 11 is 6.85. The fourth-order valence-corrected chi connectivity index (χ4v) is 2.02. The maximum absolute atomic E-state index is 12.4. The molecule has 2 aromatic rings. The normalized spacial score (nSPS) is 11.6. The molecule has 0 aliphatic rings. The summed E-state index contributed by atoms with van der Waals surface area (Å²) in [7, 11) is 0. The van der Waals surface area contributed by atoms with Gasteiger partial charge in [-0.25, -0.2) is 0 Å². The third-order valence-corrected chi connectivity index (χ3v) is 3.11. The molecule has 1 heterocycles. The minimum absolute atomic E-state index is 0.0416. The molecular weight excluding hydrogens is 303 g/mol. The van der Waals surface area contributed by atoms with Gasteiger partial charge in [0.2, 0.25) is 5.13 Å². The molecule has 0 saturated heterocycles. The fraction of sp³-hybridized carbons (Fsp3) is 0.200. The number of anilines is 1. The molecule has 0 atom stereocenters. The van der Waals surface area contributed by atoms with Crippen LogP contribution in [0.15, 0.2) is 18.2 Å². The van der Waals surface area contributed by atoms with Crippen LogP contribution in [0, 0.1) is 0 Å². The lowest BCUT2D eigenvalue weighted by molar-refractivity contribution is -0.137. The minimum atomic E-state index is -4.43. The molecule has 9 heteroatoms. The summed E-state index contributed by atoms with van der Waals surface area (Å²) in [6.45, 7) is 0.0416. The summed E-state index contributed by atoms with van der Waals surface area (Å²) in [6.07, 6.45) is -4.43. The molecule has 0 amide bonds. The quantitative estimate of drug-likeness (QED) is 0.944. The van der Waals surface area contributed by atoms with E-state index in [1.807, 2.05) is 0 Å². The van der Waals surface area contributed by atoms with Gasteiger partial charge in [-0.15, -0.1) is 10.2 Å². The molecule has 2 rings (SSSR count). The van der Waals surface area contributed by atoms with Crippen molar-refractivity contribution in [2.75, 3.05) is 5.73 Å². The number of aromatic nitrogens is 2. The lowest BCUT2D eigenvalue weighted by Gasteiger charge is -2.10. The van der Waals surface area contributed by atoms with Crippen LogP contribution in [0.3, 0.4) is 0 Å². The molecule has 4 nitrogen and oxygen atoms in total. The van der Waals surface area contributed by atoms with Crippen LogP contribution < -0.4 is 10.5 Å². The summed E-state index contributed by atoms with van der Waals surface area (Å²) in [5, 5.41) is 7.97. The molecule has 0 aliphatic heterocycles. The average molecular weight is 310 g/mol. The standard InChI is InChI=1S/C10H7ClF3N3OS/c11-6-3-5(10(12,13)14)1-2-7(6)18-4-8-16-17-9(15)19-8/h1-3H,4H2,(H2,15,17). The van der Waals surface area contributed by atoms with E-state index in [0.29, 0.717) is 5.01 Å². The second-order valence-electron chi connectivity index (χ2n) is 3.47. The van der Waals surface area contributed by atoms with Gasteiger partial charge in [0.25, 0.3) is 0 Å². The number of rotatable bonds is 3. The van der Waals surface area contributed by atoms with E-state index in [1.54, 1.807) is 0 Å². The Bertz CT molecular complexity index is 588. The van der Waals surface area contributed by atoms with Crippen LogP contribution >= 0.6 is 22.9 Å². The zero-order valence-corrected chi connectivity index (χ0v) is 10.8. The van der Waals surface area contributed by atoms with Crippen molar-refractivity contribution in [3.05, 3.63) is 33.8 Å². The summed E-state index contributed by atoms with van der Waals surface area (Å²) in [5.74, 6) is 0.142. The van der Waals surface area contributed by atoms with Crippen molar-refractivity contribution >= 4 is 28.1 Å². The highest BCUT2D eigenvalue weighted by Gasteiger charge is 2.31. The topological polar surface area (TPSA) is 61.0 Å². The number of hydrogen-bond donors (Lipinski definition) is 1. The number of halogens is 4. The van der Waals surface area contributed by atoms with Gasteiger partial charge in [-0.2, -0.15) is 13.2 Å². The Morgan fingerprint density at radius 2 is 2.05 bits per heavy atom. The van der Waals surface area contributed by atoms with Gasteiger partial charge in [0.15, 0.2) is 5.01 Å². The number of nitrogen functional groups attached to an aromatic ring is 1. The summed E-state index contributed by atoms with van der Waals surface area (Å²) in [5.41, 5.74) is 4.55. The summed E-state index contributed by atoms with van der Waals surface area (Å²) in [6, 6.07) is 2.87. The molecule has 1 aromatic carbocycles. The summed E-state index contributed by atoms with van der Waals surface area (Å²) < 4.78 is 42.5. The predicted octanol–water partition coefficient (Wildman–Crippen LogP) is 3.37. The van der Waals surface area contributed by atoms with Crippen LogP contribution in [0.1, 0.15) is 10.6 Å². The van der Waals surface area contributed by atoms with Gasteiger partial charge in [0, 0.05) is 0 Å². The first-order valence-corrected chi connectivity index (χ1v) is 6.13. The van der Waals surface area contributed by atoms with Gasteiger partial charge in [-0.1, -0.05) is 22.9 Å². The third-order valence-electron chi connectivity index (χ3n) is 2.09. The second kappa shape index (κ2) is 5.22. The van der Waals surface area contributed by atoms with Gasteiger partial charge < -0.3 is 10.5 Å². The Balaban J connectivity index is 2.09. The minimum Gasteiger partial charge on any atom is -0.485 e. The van der Waals surface area contributed by atoms with Crippen molar-refractivity contribution in [1.29, 1.82) is 0 Å². The molecule has 0 radical (unpaired) electrons. The number of alkyl halides is 3. The van der Waals surface area contributed by atoms with Crippen molar-refractivity contribution in [3.63, 3.8) is 0 Å². The zero-order chi connectivity index (χ0) is 14.0. The van der Waals surface area contributed by atoms with E-state index in [-0.39, 0.29) is 22.5 Å². The molecular formula is C10H7ClF3N3OS. The van der Waals surface area contributed by atoms with Gasteiger partial charge in [-0.05, 0) is 18.2 Å². The molecule has 0 aliphatic carbocycles. The van der Waals surface area contributed by atoms with Crippen LogP contribution in [0.2, 0.25) is 5.02 Å². The first-order chi connectivity index (χ1) is 8.86. The average Bonchev–Trinajstić information content (AvgIpc) is 2.72. The Labute approximate surface area is 115 Å². The molecule has 19 heavy (non-hydrogen) atoms. The first kappa shape index (κ1) is 13.9. The van der Waals surface area contributed by atoms with E-state index in [2.05, 4.69) is 10.2 Å². The number of nitrogens with two attached hydrogens (primary N) is 1. The van der Waals surface area contributed by atoms with E-state index in [9.17, 15) is 13.2 Å². The van der Waals surface area contributed by atoms with Crippen LogP contribution in [0.4, 0.5) is 18.3 Å². The van der Waals surface area contributed by atoms with Crippen LogP contribution in [-0.2, 0) is 12.8 Å². The summed E-state index contributed by atoms with van der Waals surface area (Å²) in [4.78, 5) is 0. The molecule has 2 N–H and O–H groups in total. The lowest BCUT2D eigenvalue weighted by atomic mass is 10.2. The van der Waals surface area contributed by atoms with Crippen molar-refractivity contribution in [2.45, 2.75) is 12.8 Å². The maximum atomic E-state index is 12.4. The van der Waals surface area contributed by atoms with Gasteiger partial charge in [0.05, 0.1) is 10.6 Å². The molecule has 102 valence electrons. The second-order valence-corrected chi connectivity index (χ2v) is 4.97. The molecule has 0 bridgehead atoms. The third kappa shape index (κ3) is 3.48. The van der Waals surface area contributed by atoms with Crippen molar-refractivity contribution in [3.8, 4) is 5.75 Å². The van der Waals surface area contributed by atoms with E-state index < -0.39 is 11.7 Å². The van der Waals surface area contributed by atoms with E-state index in [4.69, 9.17) is 22.1 Å².